The molecule has 0 saturated carbocycles. The molecule has 0 fully saturated rings. The third-order valence-corrected chi connectivity index (χ3v) is 12.9. The topological polar surface area (TPSA) is 52.6 Å². The Bertz CT molecular complexity index is 2200. The predicted octanol–water partition coefficient (Wildman–Crippen LogP) is 17.5. The molecule has 0 heterocycles. The number of rotatable bonds is 27. The highest BCUT2D eigenvalue weighted by Gasteiger charge is 2.25. The van der Waals surface area contributed by atoms with E-state index >= 15 is 0 Å². The Morgan fingerprint density at radius 2 is 0.677 bits per heavy atom. The van der Waals surface area contributed by atoms with Gasteiger partial charge in [0.15, 0.2) is 0 Å². The van der Waals surface area contributed by atoms with Gasteiger partial charge in [-0.2, -0.15) is 0 Å². The monoisotopic (exact) mass is 835 g/mol. The van der Waals surface area contributed by atoms with E-state index in [0.29, 0.717) is 24.3 Å². The highest BCUT2D eigenvalue weighted by molar-refractivity contribution is 6.27. The van der Waals surface area contributed by atoms with Gasteiger partial charge in [0, 0.05) is 34.4 Å². The first-order valence-corrected chi connectivity index (χ1v) is 24.8. The van der Waals surface area contributed by atoms with E-state index in [-0.39, 0.29) is 11.9 Å². The van der Waals surface area contributed by atoms with Gasteiger partial charge in [0.1, 0.15) is 11.5 Å². The van der Waals surface area contributed by atoms with Gasteiger partial charge in [0.05, 0.1) is 0 Å². The molecule has 0 aliphatic carbocycles. The lowest BCUT2D eigenvalue weighted by Gasteiger charge is -2.22. The largest absolute Gasteiger partial charge is 0.425 e. The molecular weight excluding hydrogens is 761 g/mol. The first kappa shape index (κ1) is 46.8. The zero-order valence-corrected chi connectivity index (χ0v) is 38.7. The van der Waals surface area contributed by atoms with Crippen LogP contribution < -0.4 is 9.47 Å². The lowest BCUT2D eigenvalue weighted by Crippen LogP contribution is -2.09. The standard InChI is InChI=1S/C58H74O4/c1-5-9-13-17-19-21-29-43-37-39-49-51(41-43)55(45-31-25-27-33-47(45)57(49)61-53(59)35-23-15-11-7-3)56-46-32-26-28-34-48(46)58(62-54(60)36-24-16-12-8-4)50-40-38-44(42-52(50)56)30-22-20-18-14-10-6-2/h25-28,31-34,37-42H,5-24,29-30,35-36H2,1-4H3. The number of fused-ring (bicyclic) bond motifs is 4. The average Bonchev–Trinajstić information content (AvgIpc) is 3.29. The lowest BCUT2D eigenvalue weighted by atomic mass is 9.84. The van der Waals surface area contributed by atoms with Gasteiger partial charge in [-0.25, -0.2) is 0 Å². The van der Waals surface area contributed by atoms with Crippen molar-refractivity contribution >= 4 is 55.0 Å². The summed E-state index contributed by atoms with van der Waals surface area (Å²) in [5.41, 5.74) is 4.87. The molecule has 0 atom stereocenters. The van der Waals surface area contributed by atoms with Crippen molar-refractivity contribution in [3.63, 3.8) is 0 Å². The lowest BCUT2D eigenvalue weighted by molar-refractivity contribution is -0.135. The number of benzene rings is 6. The van der Waals surface area contributed by atoms with Crippen LogP contribution in [-0.4, -0.2) is 11.9 Å². The molecule has 0 radical (unpaired) electrons. The molecule has 0 N–H and O–H groups in total. The fourth-order valence-corrected chi connectivity index (χ4v) is 9.38. The Balaban J connectivity index is 1.57. The zero-order chi connectivity index (χ0) is 43.5. The molecule has 0 amide bonds. The summed E-state index contributed by atoms with van der Waals surface area (Å²) < 4.78 is 13.0. The number of ether oxygens (including phenoxy) is 2. The van der Waals surface area contributed by atoms with Crippen molar-refractivity contribution in [3.05, 3.63) is 96.1 Å². The number of unbranched alkanes of at least 4 members (excludes halogenated alkanes) is 16. The number of hydrogen-bond donors (Lipinski definition) is 0. The van der Waals surface area contributed by atoms with E-state index in [1.165, 1.54) is 75.3 Å². The summed E-state index contributed by atoms with van der Waals surface area (Å²) in [5, 5.41) is 8.07. The maximum absolute atomic E-state index is 13.6. The normalized spacial score (nSPS) is 11.6. The van der Waals surface area contributed by atoms with Crippen molar-refractivity contribution in [1.82, 2.24) is 0 Å². The molecule has 0 unspecified atom stereocenters. The number of carbonyl (C=O) groups is 2. The van der Waals surface area contributed by atoms with Gasteiger partial charge in [-0.15, -0.1) is 0 Å². The van der Waals surface area contributed by atoms with E-state index in [0.717, 1.165) is 131 Å². The van der Waals surface area contributed by atoms with E-state index in [2.05, 4.69) is 113 Å². The summed E-state index contributed by atoms with van der Waals surface area (Å²) in [7, 11) is 0. The third kappa shape index (κ3) is 12.3. The molecule has 4 heteroatoms. The Morgan fingerprint density at radius 1 is 0.355 bits per heavy atom. The highest BCUT2D eigenvalue weighted by Crippen LogP contribution is 2.50. The Hall–Kier alpha value is -4.70. The molecule has 6 aromatic rings. The van der Waals surface area contributed by atoms with Crippen LogP contribution in [0.15, 0.2) is 84.9 Å². The summed E-state index contributed by atoms with van der Waals surface area (Å²) in [4.78, 5) is 27.3. The molecule has 0 bridgehead atoms. The summed E-state index contributed by atoms with van der Waals surface area (Å²) >= 11 is 0. The molecule has 330 valence electrons. The quantitative estimate of drug-likeness (QED) is 0.0224. The van der Waals surface area contributed by atoms with Crippen molar-refractivity contribution in [2.75, 3.05) is 0 Å². The van der Waals surface area contributed by atoms with Crippen LogP contribution in [0.4, 0.5) is 0 Å². The minimum atomic E-state index is -0.174. The second kappa shape index (κ2) is 24.8. The Kier molecular flexibility index (Phi) is 18.7. The zero-order valence-electron chi connectivity index (χ0n) is 38.7. The molecule has 62 heavy (non-hydrogen) atoms. The SMILES string of the molecule is CCCCCCCCc1ccc2c(OC(=O)CCCCCC)c3ccccc3c(-c3c4ccccc4c(OC(=O)CCCCCC)c4ccc(CCCCCCCC)cc34)c2c1. The highest BCUT2D eigenvalue weighted by atomic mass is 16.5. The Morgan fingerprint density at radius 3 is 1.06 bits per heavy atom. The second-order valence-electron chi connectivity index (χ2n) is 17.9. The van der Waals surface area contributed by atoms with Crippen LogP contribution in [-0.2, 0) is 22.4 Å². The van der Waals surface area contributed by atoms with Gasteiger partial charge in [0.2, 0.25) is 0 Å². The van der Waals surface area contributed by atoms with E-state index in [1.807, 2.05) is 0 Å². The summed E-state index contributed by atoms with van der Waals surface area (Å²) in [6.45, 7) is 8.93. The second-order valence-corrected chi connectivity index (χ2v) is 17.9. The number of carbonyl (C=O) groups excluding carboxylic acids is 2. The smallest absolute Gasteiger partial charge is 0.311 e. The fourth-order valence-electron chi connectivity index (χ4n) is 9.38. The van der Waals surface area contributed by atoms with Crippen molar-refractivity contribution in [3.8, 4) is 22.6 Å². The van der Waals surface area contributed by atoms with Gasteiger partial charge in [-0.1, -0.05) is 215 Å². The van der Waals surface area contributed by atoms with E-state index in [9.17, 15) is 9.59 Å². The van der Waals surface area contributed by atoms with Crippen LogP contribution in [0.3, 0.4) is 0 Å². The molecule has 6 rings (SSSR count). The average molecular weight is 835 g/mol. The third-order valence-electron chi connectivity index (χ3n) is 12.9. The first-order chi connectivity index (χ1) is 30.5. The van der Waals surface area contributed by atoms with Crippen LogP contribution >= 0.6 is 0 Å². The molecule has 0 aliphatic heterocycles. The van der Waals surface area contributed by atoms with Gasteiger partial charge >= 0.3 is 11.9 Å². The van der Waals surface area contributed by atoms with Gasteiger partial charge in [-0.3, -0.25) is 9.59 Å². The van der Waals surface area contributed by atoms with Gasteiger partial charge in [-0.05, 0) is 82.3 Å². The molecule has 0 aliphatic rings. The van der Waals surface area contributed by atoms with Gasteiger partial charge in [0.25, 0.3) is 0 Å². The summed E-state index contributed by atoms with van der Waals surface area (Å²) in [6.07, 6.45) is 26.0. The number of aryl methyl sites for hydroxylation is 2. The van der Waals surface area contributed by atoms with Crippen LogP contribution in [0, 0.1) is 0 Å². The minimum absolute atomic E-state index is 0.174. The van der Waals surface area contributed by atoms with Crippen LogP contribution in [0.25, 0.3) is 54.2 Å². The molecule has 0 spiro atoms. The fraction of sp³-hybridized carbons (Fsp3) is 0.483. The number of hydrogen-bond acceptors (Lipinski definition) is 4. The van der Waals surface area contributed by atoms with Crippen molar-refractivity contribution in [1.29, 1.82) is 0 Å². The van der Waals surface area contributed by atoms with Crippen LogP contribution in [0.2, 0.25) is 0 Å². The Labute approximate surface area is 373 Å². The maximum atomic E-state index is 13.6. The first-order valence-electron chi connectivity index (χ1n) is 24.8. The van der Waals surface area contributed by atoms with Crippen molar-refractivity contribution in [2.24, 2.45) is 0 Å². The molecule has 0 saturated heterocycles. The summed E-state index contributed by atoms with van der Waals surface area (Å²) in [6, 6.07) is 30.7. The number of esters is 2. The van der Waals surface area contributed by atoms with Crippen molar-refractivity contribution < 1.29 is 19.1 Å². The molecule has 0 aromatic heterocycles. The van der Waals surface area contributed by atoms with Crippen LogP contribution in [0.1, 0.15) is 180 Å². The summed E-state index contributed by atoms with van der Waals surface area (Å²) in [5.74, 6) is 0.953. The van der Waals surface area contributed by atoms with E-state index < -0.39 is 0 Å². The maximum Gasteiger partial charge on any atom is 0.311 e. The van der Waals surface area contributed by atoms with Gasteiger partial charge < -0.3 is 9.47 Å². The van der Waals surface area contributed by atoms with E-state index in [1.54, 1.807) is 0 Å². The minimum Gasteiger partial charge on any atom is -0.425 e. The predicted molar refractivity (Wildman–Crippen MR) is 265 cm³/mol. The molecule has 6 aromatic carbocycles. The molecule has 4 nitrogen and oxygen atoms in total. The van der Waals surface area contributed by atoms with Crippen LogP contribution in [0.5, 0.6) is 11.5 Å². The van der Waals surface area contributed by atoms with Crippen molar-refractivity contribution in [2.45, 2.75) is 182 Å². The van der Waals surface area contributed by atoms with E-state index in [4.69, 9.17) is 9.47 Å². The molecular formula is C58H74O4.